The SMILES string of the molecule is CC(=O)CC(=O)OCC(Br)Cc1ccccc1OC(=O)CC(C)=O. The molecule has 7 heteroatoms. The zero-order chi connectivity index (χ0) is 18.1. The first-order valence-corrected chi connectivity index (χ1v) is 8.26. The number of rotatable bonds is 9. The molecular formula is C17H19BrO6. The van der Waals surface area contributed by atoms with E-state index in [0.29, 0.717) is 12.2 Å². The van der Waals surface area contributed by atoms with E-state index in [-0.39, 0.29) is 35.8 Å². The topological polar surface area (TPSA) is 86.7 Å². The number of hydrogen-bond donors (Lipinski definition) is 0. The van der Waals surface area contributed by atoms with Crippen molar-refractivity contribution in [2.45, 2.75) is 37.9 Å². The van der Waals surface area contributed by atoms with Crippen LogP contribution in [-0.4, -0.2) is 34.9 Å². The second-order valence-electron chi connectivity index (χ2n) is 5.32. The quantitative estimate of drug-likeness (QED) is 0.274. The highest BCUT2D eigenvalue weighted by molar-refractivity contribution is 9.09. The number of esters is 2. The molecule has 130 valence electrons. The Labute approximate surface area is 148 Å². The van der Waals surface area contributed by atoms with Crippen molar-refractivity contribution >= 4 is 39.4 Å². The van der Waals surface area contributed by atoms with E-state index in [1.165, 1.54) is 13.8 Å². The number of benzene rings is 1. The molecule has 0 radical (unpaired) electrons. The fraction of sp³-hybridized carbons (Fsp3) is 0.412. The first-order valence-electron chi connectivity index (χ1n) is 7.35. The van der Waals surface area contributed by atoms with Gasteiger partial charge in [0, 0.05) is 0 Å². The molecule has 0 aliphatic carbocycles. The summed E-state index contributed by atoms with van der Waals surface area (Å²) in [6.07, 6.45) is -0.0927. The molecule has 0 N–H and O–H groups in total. The molecule has 0 spiro atoms. The second kappa shape index (κ2) is 9.97. The molecule has 0 amide bonds. The Balaban J connectivity index is 2.60. The highest BCUT2D eigenvalue weighted by atomic mass is 79.9. The highest BCUT2D eigenvalue weighted by Gasteiger charge is 2.15. The third-order valence-corrected chi connectivity index (χ3v) is 3.44. The summed E-state index contributed by atoms with van der Waals surface area (Å²) in [5.41, 5.74) is 0.735. The van der Waals surface area contributed by atoms with Gasteiger partial charge in [0.2, 0.25) is 0 Å². The van der Waals surface area contributed by atoms with Gasteiger partial charge in [0.05, 0.1) is 4.83 Å². The molecule has 0 fully saturated rings. The largest absolute Gasteiger partial charge is 0.464 e. The monoisotopic (exact) mass is 398 g/mol. The van der Waals surface area contributed by atoms with Crippen molar-refractivity contribution in [2.24, 2.45) is 0 Å². The number of carbonyl (C=O) groups is 4. The Hall–Kier alpha value is -2.02. The molecule has 24 heavy (non-hydrogen) atoms. The number of ether oxygens (including phenoxy) is 2. The number of carbonyl (C=O) groups excluding carboxylic acids is 4. The molecule has 0 saturated heterocycles. The van der Waals surface area contributed by atoms with Crippen LogP contribution in [0.25, 0.3) is 0 Å². The van der Waals surface area contributed by atoms with Gasteiger partial charge in [-0.2, -0.15) is 0 Å². The average Bonchev–Trinajstić information content (AvgIpc) is 2.45. The molecule has 1 atom stereocenters. The maximum absolute atomic E-state index is 11.6. The van der Waals surface area contributed by atoms with E-state index < -0.39 is 11.9 Å². The predicted molar refractivity (Wildman–Crippen MR) is 90.1 cm³/mol. The van der Waals surface area contributed by atoms with Crippen LogP contribution in [0, 0.1) is 0 Å². The van der Waals surface area contributed by atoms with Gasteiger partial charge in [-0.05, 0) is 31.9 Å². The average molecular weight is 399 g/mol. The number of Topliss-reactive ketones (excluding diaryl/α,β-unsaturated/α-hetero) is 2. The van der Waals surface area contributed by atoms with Gasteiger partial charge in [-0.15, -0.1) is 0 Å². The number of alkyl halides is 1. The summed E-state index contributed by atoms with van der Waals surface area (Å²) < 4.78 is 10.2. The third kappa shape index (κ3) is 8.01. The van der Waals surface area contributed by atoms with Crippen LogP contribution in [0.1, 0.15) is 32.3 Å². The number of halogens is 1. The number of hydrogen-bond acceptors (Lipinski definition) is 6. The maximum atomic E-state index is 11.6. The summed E-state index contributed by atoms with van der Waals surface area (Å²) in [5, 5.41) is 0. The summed E-state index contributed by atoms with van der Waals surface area (Å²) in [6, 6.07) is 6.92. The Kier molecular flexibility index (Phi) is 8.32. The van der Waals surface area contributed by atoms with E-state index in [0.717, 1.165) is 5.56 Å². The molecular weight excluding hydrogens is 380 g/mol. The minimum atomic E-state index is -0.617. The van der Waals surface area contributed by atoms with Crippen LogP contribution in [0.3, 0.4) is 0 Å². The Bertz CT molecular complexity index is 625. The number of ketones is 2. The smallest absolute Gasteiger partial charge is 0.318 e. The van der Waals surface area contributed by atoms with Gasteiger partial charge in [-0.25, -0.2) is 0 Å². The van der Waals surface area contributed by atoms with Crippen LogP contribution in [0.2, 0.25) is 0 Å². The first-order chi connectivity index (χ1) is 11.3. The molecule has 0 aliphatic rings. The van der Waals surface area contributed by atoms with E-state index in [2.05, 4.69) is 15.9 Å². The molecule has 0 bridgehead atoms. The highest BCUT2D eigenvalue weighted by Crippen LogP contribution is 2.22. The zero-order valence-corrected chi connectivity index (χ0v) is 15.1. The summed E-state index contributed by atoms with van der Waals surface area (Å²) >= 11 is 3.39. The Morgan fingerprint density at radius 3 is 2.21 bits per heavy atom. The third-order valence-electron chi connectivity index (χ3n) is 2.85. The van der Waals surface area contributed by atoms with Crippen LogP contribution >= 0.6 is 15.9 Å². The van der Waals surface area contributed by atoms with Crippen LogP contribution in [-0.2, 0) is 30.3 Å². The summed E-state index contributed by atoms with van der Waals surface area (Å²) in [6.45, 7) is 2.72. The molecule has 0 aromatic heterocycles. The molecule has 1 aromatic carbocycles. The van der Waals surface area contributed by atoms with E-state index in [9.17, 15) is 19.2 Å². The Morgan fingerprint density at radius 1 is 1.00 bits per heavy atom. The van der Waals surface area contributed by atoms with Gasteiger partial charge in [0.1, 0.15) is 36.8 Å². The van der Waals surface area contributed by atoms with Crippen molar-refractivity contribution in [2.75, 3.05) is 6.61 Å². The van der Waals surface area contributed by atoms with E-state index >= 15 is 0 Å². The predicted octanol–water partition coefficient (Wildman–Crippen LogP) is 2.40. The van der Waals surface area contributed by atoms with Crippen molar-refractivity contribution in [1.29, 1.82) is 0 Å². The normalized spacial score (nSPS) is 11.5. The molecule has 0 aliphatic heterocycles. The van der Waals surface area contributed by atoms with Gasteiger partial charge in [0.25, 0.3) is 0 Å². The van der Waals surface area contributed by atoms with E-state index in [4.69, 9.17) is 9.47 Å². The standard InChI is InChI=1S/C17H19BrO6/c1-11(19)7-16(21)23-10-14(18)9-13-5-3-4-6-15(13)24-17(22)8-12(2)20/h3-6,14H,7-10H2,1-2H3. The van der Waals surface area contributed by atoms with Gasteiger partial charge in [-0.3, -0.25) is 19.2 Å². The van der Waals surface area contributed by atoms with Crippen LogP contribution in [0.4, 0.5) is 0 Å². The Morgan fingerprint density at radius 2 is 1.58 bits per heavy atom. The lowest BCUT2D eigenvalue weighted by molar-refractivity contribution is -0.145. The molecule has 1 aromatic rings. The molecule has 1 unspecified atom stereocenters. The van der Waals surface area contributed by atoms with Crippen LogP contribution in [0.5, 0.6) is 5.75 Å². The van der Waals surface area contributed by atoms with Gasteiger partial charge in [0.15, 0.2) is 0 Å². The lowest BCUT2D eigenvalue weighted by Gasteiger charge is -2.13. The molecule has 0 heterocycles. The summed E-state index contributed by atoms with van der Waals surface area (Å²) in [5.74, 6) is -1.35. The fourth-order valence-electron chi connectivity index (χ4n) is 1.87. The lowest BCUT2D eigenvalue weighted by Crippen LogP contribution is -2.18. The van der Waals surface area contributed by atoms with Crippen molar-refractivity contribution < 1.29 is 28.7 Å². The van der Waals surface area contributed by atoms with Crippen LogP contribution in [0.15, 0.2) is 24.3 Å². The second-order valence-corrected chi connectivity index (χ2v) is 6.62. The molecule has 6 nitrogen and oxygen atoms in total. The molecule has 0 saturated carbocycles. The van der Waals surface area contributed by atoms with Crippen molar-refractivity contribution in [3.8, 4) is 5.75 Å². The minimum absolute atomic E-state index is 0.0852. The van der Waals surface area contributed by atoms with E-state index in [1.54, 1.807) is 24.3 Å². The van der Waals surface area contributed by atoms with Crippen molar-refractivity contribution in [3.63, 3.8) is 0 Å². The summed E-state index contributed by atoms with van der Waals surface area (Å²) in [7, 11) is 0. The first kappa shape index (κ1) is 20.0. The summed E-state index contributed by atoms with van der Waals surface area (Å²) in [4.78, 5) is 44.6. The maximum Gasteiger partial charge on any atom is 0.318 e. The van der Waals surface area contributed by atoms with Gasteiger partial charge in [-0.1, -0.05) is 34.1 Å². The molecule has 1 rings (SSSR count). The van der Waals surface area contributed by atoms with Gasteiger partial charge < -0.3 is 9.47 Å². The van der Waals surface area contributed by atoms with Crippen molar-refractivity contribution in [1.82, 2.24) is 0 Å². The van der Waals surface area contributed by atoms with Crippen LogP contribution < -0.4 is 4.74 Å². The minimum Gasteiger partial charge on any atom is -0.464 e. The zero-order valence-electron chi connectivity index (χ0n) is 13.5. The number of para-hydroxylation sites is 1. The fourth-order valence-corrected chi connectivity index (χ4v) is 2.35. The lowest BCUT2D eigenvalue weighted by atomic mass is 10.1. The van der Waals surface area contributed by atoms with Crippen molar-refractivity contribution in [3.05, 3.63) is 29.8 Å². The van der Waals surface area contributed by atoms with Gasteiger partial charge >= 0.3 is 11.9 Å². The van der Waals surface area contributed by atoms with E-state index in [1.807, 2.05) is 0 Å².